The van der Waals surface area contributed by atoms with Crippen molar-refractivity contribution in [2.45, 2.75) is 98.0 Å². The molecule has 2 aromatic rings. The number of nitrogens with zero attached hydrogens (tertiary/aromatic N) is 3. The quantitative estimate of drug-likeness (QED) is 0.170. The van der Waals surface area contributed by atoms with Gasteiger partial charge in [0.25, 0.3) is 0 Å². The molecule has 0 spiro atoms. The van der Waals surface area contributed by atoms with Gasteiger partial charge in [-0.25, -0.2) is 4.98 Å². The number of benzene rings is 1. The van der Waals surface area contributed by atoms with Crippen molar-refractivity contribution in [3.63, 3.8) is 0 Å². The molecule has 46 heavy (non-hydrogen) atoms. The smallest absolute Gasteiger partial charge is 0.229 e. The molecule has 4 rings (SSSR count). The van der Waals surface area contributed by atoms with Crippen molar-refractivity contribution in [1.29, 1.82) is 0 Å². The zero-order valence-corrected chi connectivity index (χ0v) is 29.1. The summed E-state index contributed by atoms with van der Waals surface area (Å²) in [5.41, 5.74) is 3.34. The Bertz CT molecular complexity index is 1300. The molecule has 0 saturated carbocycles. The highest BCUT2D eigenvalue weighted by molar-refractivity contribution is 6.32. The van der Waals surface area contributed by atoms with Crippen molar-refractivity contribution in [1.82, 2.24) is 25.9 Å². The van der Waals surface area contributed by atoms with Crippen LogP contribution in [0.5, 0.6) is 5.75 Å². The van der Waals surface area contributed by atoms with Gasteiger partial charge in [-0.1, -0.05) is 31.9 Å². The van der Waals surface area contributed by atoms with Crippen molar-refractivity contribution in [3.8, 4) is 5.75 Å². The summed E-state index contributed by atoms with van der Waals surface area (Å²) in [4.78, 5) is 37.1. The van der Waals surface area contributed by atoms with Gasteiger partial charge in [-0.3, -0.25) is 9.59 Å². The first-order chi connectivity index (χ1) is 22.2. The molecule has 1 aromatic heterocycles. The fraction of sp³-hybridized carbons (Fsp3) is 0.657. The minimum Gasteiger partial charge on any atom is -0.489 e. The molecule has 254 valence electrons. The Morgan fingerprint density at radius 2 is 1.72 bits per heavy atom. The summed E-state index contributed by atoms with van der Waals surface area (Å²) in [5.74, 6) is 2.52. The van der Waals surface area contributed by atoms with E-state index in [1.807, 2.05) is 20.8 Å². The number of piperidine rings is 2. The molecule has 2 saturated heterocycles. The summed E-state index contributed by atoms with van der Waals surface area (Å²) in [7, 11) is 0. The summed E-state index contributed by atoms with van der Waals surface area (Å²) in [6.07, 6.45) is 8.31. The molecule has 2 aliphatic heterocycles. The van der Waals surface area contributed by atoms with Gasteiger partial charge in [0, 0.05) is 39.0 Å². The summed E-state index contributed by atoms with van der Waals surface area (Å²) >= 11 is 6.74. The number of amides is 2. The molecule has 2 aliphatic rings. The van der Waals surface area contributed by atoms with Crippen LogP contribution in [0.15, 0.2) is 18.3 Å². The van der Waals surface area contributed by atoms with Crippen LogP contribution < -0.4 is 30.9 Å². The average molecular weight is 656 g/mol. The van der Waals surface area contributed by atoms with E-state index < -0.39 is 0 Å². The molecular weight excluding hydrogens is 602 g/mol. The molecular formula is C35H54ClN7O3. The summed E-state index contributed by atoms with van der Waals surface area (Å²) < 4.78 is 6.29. The highest BCUT2D eigenvalue weighted by atomic mass is 35.5. The van der Waals surface area contributed by atoms with Gasteiger partial charge in [-0.2, -0.15) is 4.98 Å². The lowest BCUT2D eigenvalue weighted by molar-refractivity contribution is -0.122. The van der Waals surface area contributed by atoms with E-state index in [-0.39, 0.29) is 29.8 Å². The third-order valence-corrected chi connectivity index (χ3v) is 9.04. The maximum absolute atomic E-state index is 12.8. The molecule has 0 bridgehead atoms. The predicted octanol–water partition coefficient (Wildman–Crippen LogP) is 6.10. The normalized spacial score (nSPS) is 18.8. The number of halogens is 1. The SMILES string of the molecule is CCCCNC(=O)C[C@@H]1C[C@H](CC(=O)NCCC)CN(c2nc(Nc3cc(C)c(C4CCNCC4)cc3OC(C)C)ncc2Cl)C1. The molecule has 10 nitrogen and oxygen atoms in total. The van der Waals surface area contributed by atoms with Crippen molar-refractivity contribution in [2.24, 2.45) is 11.8 Å². The molecule has 1 aromatic carbocycles. The highest BCUT2D eigenvalue weighted by Gasteiger charge is 2.32. The second-order valence-corrected chi connectivity index (χ2v) is 13.6. The van der Waals surface area contributed by atoms with E-state index in [4.69, 9.17) is 21.3 Å². The number of aromatic nitrogens is 2. The number of hydrogen-bond acceptors (Lipinski definition) is 8. The molecule has 2 atom stereocenters. The molecule has 4 N–H and O–H groups in total. The third-order valence-electron chi connectivity index (χ3n) is 8.78. The maximum Gasteiger partial charge on any atom is 0.229 e. The van der Waals surface area contributed by atoms with Gasteiger partial charge in [0.15, 0.2) is 5.82 Å². The molecule has 0 radical (unpaired) electrons. The van der Waals surface area contributed by atoms with Crippen LogP contribution in [0.1, 0.15) is 96.1 Å². The number of carbonyl (C=O) groups is 2. The van der Waals surface area contributed by atoms with E-state index >= 15 is 0 Å². The Balaban J connectivity index is 1.57. The van der Waals surface area contributed by atoms with Gasteiger partial charge in [-0.05, 0) is 107 Å². The number of rotatable bonds is 15. The average Bonchev–Trinajstić information content (AvgIpc) is 3.02. The van der Waals surface area contributed by atoms with Crippen molar-refractivity contribution >= 4 is 40.9 Å². The first-order valence-electron chi connectivity index (χ1n) is 17.3. The Morgan fingerprint density at radius 3 is 2.35 bits per heavy atom. The van der Waals surface area contributed by atoms with Crippen molar-refractivity contribution < 1.29 is 14.3 Å². The van der Waals surface area contributed by atoms with Gasteiger partial charge in [-0.15, -0.1) is 0 Å². The second-order valence-electron chi connectivity index (χ2n) is 13.2. The number of unbranched alkanes of at least 4 members (excludes halogenated alkanes) is 1. The topological polar surface area (TPSA) is 121 Å². The van der Waals surface area contributed by atoms with Crippen LogP contribution in [-0.4, -0.2) is 67.2 Å². The number of aryl methyl sites for hydroxylation is 1. The number of hydrogen-bond donors (Lipinski definition) is 4. The van der Waals surface area contributed by atoms with Crippen LogP contribution in [0.2, 0.25) is 5.02 Å². The molecule has 3 heterocycles. The van der Waals surface area contributed by atoms with Gasteiger partial charge in [0.05, 0.1) is 18.0 Å². The fourth-order valence-corrected chi connectivity index (χ4v) is 6.82. The highest BCUT2D eigenvalue weighted by Crippen LogP contribution is 2.38. The third kappa shape index (κ3) is 10.5. The van der Waals surface area contributed by atoms with Crippen LogP contribution >= 0.6 is 11.6 Å². The Labute approximate surface area is 280 Å². The molecule has 2 fully saturated rings. The molecule has 0 aliphatic carbocycles. The minimum atomic E-state index is 0.00161. The van der Waals surface area contributed by atoms with Gasteiger partial charge >= 0.3 is 0 Å². The van der Waals surface area contributed by atoms with Crippen LogP contribution in [0.3, 0.4) is 0 Å². The fourth-order valence-electron chi connectivity index (χ4n) is 6.61. The van der Waals surface area contributed by atoms with E-state index in [0.29, 0.717) is 61.7 Å². The lowest BCUT2D eigenvalue weighted by Crippen LogP contribution is -2.44. The van der Waals surface area contributed by atoms with E-state index in [1.54, 1.807) is 6.20 Å². The lowest BCUT2D eigenvalue weighted by atomic mass is 9.85. The zero-order valence-electron chi connectivity index (χ0n) is 28.4. The largest absolute Gasteiger partial charge is 0.489 e. The monoisotopic (exact) mass is 655 g/mol. The van der Waals surface area contributed by atoms with E-state index in [1.165, 1.54) is 11.1 Å². The standard InChI is InChI=1S/C35H54ClN7O3/c1-6-8-12-39-33(45)18-26-16-25(17-32(44)38-11-7-2)21-43(22-26)34-29(36)20-40-35(42-34)41-30-15-24(5)28(19-31(30)46-23(3)4)27-9-13-37-14-10-27/h15,19-20,23,25-27,37H,6-14,16-18,21-22H2,1-5H3,(H,38,44)(H,39,45)(H,40,41,42)/t25-,26+/m1/s1. The number of nitrogens with one attached hydrogen (secondary N) is 4. The van der Waals surface area contributed by atoms with Gasteiger partial charge in [0.1, 0.15) is 10.8 Å². The van der Waals surface area contributed by atoms with Gasteiger partial charge < -0.3 is 30.9 Å². The zero-order chi connectivity index (χ0) is 33.1. The lowest BCUT2D eigenvalue weighted by Gasteiger charge is -2.38. The van der Waals surface area contributed by atoms with Crippen molar-refractivity contribution in [3.05, 3.63) is 34.5 Å². The summed E-state index contributed by atoms with van der Waals surface area (Å²) in [6, 6.07) is 4.31. The number of anilines is 3. The number of ether oxygens (including phenoxy) is 1. The van der Waals surface area contributed by atoms with Crippen LogP contribution in [0.4, 0.5) is 17.5 Å². The Morgan fingerprint density at radius 1 is 1.04 bits per heavy atom. The maximum atomic E-state index is 12.8. The first kappa shape index (κ1) is 35.7. The summed E-state index contributed by atoms with van der Waals surface area (Å²) in [5, 5.41) is 13.4. The van der Waals surface area contributed by atoms with Crippen molar-refractivity contribution in [2.75, 3.05) is 49.5 Å². The van der Waals surface area contributed by atoms with Crippen LogP contribution in [-0.2, 0) is 9.59 Å². The van der Waals surface area contributed by atoms with E-state index in [0.717, 1.165) is 63.1 Å². The minimum absolute atomic E-state index is 0.00161. The molecule has 0 unspecified atom stereocenters. The first-order valence-corrected chi connectivity index (χ1v) is 17.6. The predicted molar refractivity (Wildman–Crippen MR) is 186 cm³/mol. The van der Waals surface area contributed by atoms with Crippen LogP contribution in [0, 0.1) is 18.8 Å². The Hall–Kier alpha value is -3.11. The summed E-state index contributed by atoms with van der Waals surface area (Å²) in [6.45, 7) is 15.0. The van der Waals surface area contributed by atoms with Gasteiger partial charge in [0.2, 0.25) is 17.8 Å². The Kier molecular flexibility index (Phi) is 13.8. The van der Waals surface area contributed by atoms with E-state index in [2.05, 4.69) is 57.1 Å². The van der Waals surface area contributed by atoms with E-state index in [9.17, 15) is 9.59 Å². The molecule has 11 heteroatoms. The second kappa shape index (κ2) is 17.7. The number of carbonyl (C=O) groups excluding carboxylic acids is 2. The molecule has 2 amide bonds. The van der Waals surface area contributed by atoms with Crippen LogP contribution in [0.25, 0.3) is 0 Å².